The number of rotatable bonds is 6. The SMILES string of the molecule is C[C@H](Nc1nc(N)nc(N)c1C#N)c1nc2cccc(S(=O)(=O)C3CCCC3)c2c(=O)n1-c1cccc(F)c1. The smallest absolute Gasteiger partial charge is 0.267 e. The lowest BCUT2D eigenvalue weighted by Gasteiger charge is -2.22. The predicted molar refractivity (Wildman–Crippen MR) is 144 cm³/mol. The Morgan fingerprint density at radius 2 is 1.85 bits per heavy atom. The molecule has 0 amide bonds. The summed E-state index contributed by atoms with van der Waals surface area (Å²) in [6.07, 6.45) is 2.65. The number of aromatic nitrogens is 4. The molecule has 1 saturated carbocycles. The van der Waals surface area contributed by atoms with Gasteiger partial charge in [0.05, 0.1) is 32.8 Å². The Labute approximate surface area is 223 Å². The van der Waals surface area contributed by atoms with E-state index in [-0.39, 0.29) is 50.5 Å². The first-order valence-electron chi connectivity index (χ1n) is 12.3. The van der Waals surface area contributed by atoms with Gasteiger partial charge >= 0.3 is 0 Å². The molecule has 4 aromatic rings. The molecule has 0 bridgehead atoms. The zero-order valence-electron chi connectivity index (χ0n) is 20.9. The van der Waals surface area contributed by atoms with Crippen LogP contribution in [0, 0.1) is 17.1 Å². The number of nitriles is 1. The van der Waals surface area contributed by atoms with Crippen molar-refractivity contribution in [1.82, 2.24) is 19.5 Å². The lowest BCUT2D eigenvalue weighted by atomic mass is 10.2. The van der Waals surface area contributed by atoms with E-state index in [0.29, 0.717) is 12.8 Å². The molecule has 2 heterocycles. The zero-order valence-corrected chi connectivity index (χ0v) is 21.7. The molecule has 1 aliphatic rings. The number of nitrogen functional groups attached to an aromatic ring is 2. The lowest BCUT2D eigenvalue weighted by molar-refractivity contribution is 0.580. The molecular weight excluding hydrogens is 523 g/mol. The second-order valence-electron chi connectivity index (χ2n) is 9.36. The first-order valence-corrected chi connectivity index (χ1v) is 13.8. The van der Waals surface area contributed by atoms with Crippen molar-refractivity contribution >= 4 is 38.3 Å². The average molecular weight is 549 g/mol. The fourth-order valence-corrected chi connectivity index (χ4v) is 7.03. The lowest BCUT2D eigenvalue weighted by Crippen LogP contribution is -2.29. The van der Waals surface area contributed by atoms with Crippen LogP contribution in [0.5, 0.6) is 0 Å². The van der Waals surface area contributed by atoms with Crippen molar-refractivity contribution in [2.45, 2.75) is 48.8 Å². The maximum Gasteiger partial charge on any atom is 0.267 e. The number of nitrogens with two attached hydrogens (primary N) is 2. The van der Waals surface area contributed by atoms with Gasteiger partial charge in [-0.2, -0.15) is 15.2 Å². The number of halogens is 1. The molecule has 2 aromatic heterocycles. The fourth-order valence-electron chi connectivity index (χ4n) is 4.97. The van der Waals surface area contributed by atoms with E-state index >= 15 is 0 Å². The molecule has 0 spiro atoms. The Bertz CT molecular complexity index is 1810. The van der Waals surface area contributed by atoms with Gasteiger partial charge < -0.3 is 16.8 Å². The molecule has 39 heavy (non-hydrogen) atoms. The number of benzene rings is 2. The van der Waals surface area contributed by atoms with Crippen LogP contribution < -0.4 is 22.3 Å². The summed E-state index contributed by atoms with van der Waals surface area (Å²) in [6.45, 7) is 1.65. The Kier molecular flexibility index (Phi) is 6.65. The van der Waals surface area contributed by atoms with Crippen molar-refractivity contribution in [3.05, 3.63) is 70.0 Å². The summed E-state index contributed by atoms with van der Waals surface area (Å²) in [7, 11) is -3.82. The number of hydrogen-bond acceptors (Lipinski definition) is 10. The van der Waals surface area contributed by atoms with E-state index in [9.17, 15) is 22.9 Å². The van der Waals surface area contributed by atoms with Crippen molar-refractivity contribution in [2.24, 2.45) is 0 Å². The standard InChI is InChI=1S/C26H25FN8O3S/c1-14(31-23-18(13-28)22(29)33-26(30)34-23)24-32-19-10-5-11-20(39(37,38)17-8-2-3-9-17)21(19)25(36)35(24)16-7-4-6-15(27)12-16/h4-7,10-12,14,17H,2-3,8-9H2,1H3,(H5,29,30,31,33,34)/t14-/m0/s1. The monoisotopic (exact) mass is 548 g/mol. The molecule has 0 aliphatic heterocycles. The molecule has 2 aromatic carbocycles. The van der Waals surface area contributed by atoms with Crippen molar-refractivity contribution in [3.63, 3.8) is 0 Å². The first kappa shape index (κ1) is 26.1. The zero-order chi connectivity index (χ0) is 27.9. The van der Waals surface area contributed by atoms with Crippen LogP contribution in [-0.2, 0) is 9.84 Å². The summed E-state index contributed by atoms with van der Waals surface area (Å²) < 4.78 is 42.6. The van der Waals surface area contributed by atoms with E-state index in [1.807, 2.05) is 6.07 Å². The normalized spacial score (nSPS) is 14.8. The molecule has 0 saturated heterocycles. The van der Waals surface area contributed by atoms with Gasteiger partial charge in [0.25, 0.3) is 5.56 Å². The minimum atomic E-state index is -3.82. The molecule has 0 radical (unpaired) electrons. The predicted octanol–water partition coefficient (Wildman–Crippen LogP) is 3.24. The summed E-state index contributed by atoms with van der Waals surface area (Å²) >= 11 is 0. The molecule has 1 fully saturated rings. The molecule has 1 aliphatic carbocycles. The minimum Gasteiger partial charge on any atom is -0.382 e. The van der Waals surface area contributed by atoms with Gasteiger partial charge in [0.15, 0.2) is 15.7 Å². The number of anilines is 3. The summed E-state index contributed by atoms with van der Waals surface area (Å²) in [6, 6.07) is 11.0. The van der Waals surface area contributed by atoms with Crippen molar-refractivity contribution in [2.75, 3.05) is 16.8 Å². The summed E-state index contributed by atoms with van der Waals surface area (Å²) in [4.78, 5) is 26.5. The third-order valence-corrected chi connectivity index (χ3v) is 9.11. The third kappa shape index (κ3) is 4.63. The average Bonchev–Trinajstić information content (AvgIpc) is 3.44. The summed E-state index contributed by atoms with van der Waals surface area (Å²) in [5.74, 6) is -0.755. The van der Waals surface area contributed by atoms with E-state index in [1.165, 1.54) is 24.3 Å². The molecule has 1 atom stereocenters. The maximum absolute atomic E-state index is 14.3. The highest BCUT2D eigenvalue weighted by molar-refractivity contribution is 7.92. The second kappa shape index (κ2) is 9.95. The van der Waals surface area contributed by atoms with Crippen molar-refractivity contribution in [1.29, 1.82) is 5.26 Å². The first-order chi connectivity index (χ1) is 18.6. The molecule has 5 N–H and O–H groups in total. The van der Waals surface area contributed by atoms with Crippen LogP contribution in [0.1, 0.15) is 50.0 Å². The van der Waals surface area contributed by atoms with Crippen LogP contribution in [-0.4, -0.2) is 33.2 Å². The van der Waals surface area contributed by atoms with Crippen molar-refractivity contribution in [3.8, 4) is 11.8 Å². The molecule has 5 rings (SSSR count). The van der Waals surface area contributed by atoms with Crippen molar-refractivity contribution < 1.29 is 12.8 Å². The molecule has 13 heteroatoms. The number of fused-ring (bicyclic) bond motifs is 1. The van der Waals surface area contributed by atoms with Gasteiger partial charge in [-0.05, 0) is 50.1 Å². The fraction of sp³-hybridized carbons (Fsp3) is 0.269. The van der Waals surface area contributed by atoms with E-state index < -0.39 is 32.5 Å². The van der Waals surface area contributed by atoms with Gasteiger partial charge in [0.2, 0.25) is 5.95 Å². The van der Waals surface area contributed by atoms with E-state index in [2.05, 4.69) is 20.3 Å². The summed E-state index contributed by atoms with van der Waals surface area (Å²) in [5.41, 5.74) is 11.1. The van der Waals surface area contributed by atoms with Gasteiger partial charge in [0.1, 0.15) is 29.1 Å². The van der Waals surface area contributed by atoms with E-state index in [4.69, 9.17) is 11.5 Å². The maximum atomic E-state index is 14.3. The highest BCUT2D eigenvalue weighted by Crippen LogP contribution is 2.33. The van der Waals surface area contributed by atoms with Crippen LogP contribution in [0.2, 0.25) is 0 Å². The number of sulfone groups is 1. The largest absolute Gasteiger partial charge is 0.382 e. The van der Waals surface area contributed by atoms with Gasteiger partial charge in [-0.15, -0.1) is 0 Å². The molecule has 0 unspecified atom stereocenters. The highest BCUT2D eigenvalue weighted by atomic mass is 32.2. The second-order valence-corrected chi connectivity index (χ2v) is 11.6. The van der Waals surface area contributed by atoms with E-state index in [0.717, 1.165) is 23.5 Å². The van der Waals surface area contributed by atoms with Crippen LogP contribution in [0.25, 0.3) is 16.6 Å². The van der Waals surface area contributed by atoms with Gasteiger partial charge in [-0.1, -0.05) is 25.0 Å². The van der Waals surface area contributed by atoms with Crippen LogP contribution in [0.4, 0.5) is 22.0 Å². The molecule has 200 valence electrons. The molecule has 11 nitrogen and oxygen atoms in total. The third-order valence-electron chi connectivity index (χ3n) is 6.81. The summed E-state index contributed by atoms with van der Waals surface area (Å²) in [5, 5.41) is 11.9. The van der Waals surface area contributed by atoms with E-state index in [1.54, 1.807) is 19.1 Å². The van der Waals surface area contributed by atoms with Crippen LogP contribution in [0.15, 0.2) is 52.2 Å². The van der Waals surface area contributed by atoms with Gasteiger partial charge in [-0.3, -0.25) is 9.36 Å². The Morgan fingerprint density at radius 1 is 1.13 bits per heavy atom. The minimum absolute atomic E-state index is 0.0210. The topological polar surface area (TPSA) is 183 Å². The Morgan fingerprint density at radius 3 is 2.54 bits per heavy atom. The number of hydrogen-bond donors (Lipinski definition) is 3. The van der Waals surface area contributed by atoms with Gasteiger partial charge in [0, 0.05) is 0 Å². The Balaban J connectivity index is 1.76. The van der Waals surface area contributed by atoms with Crippen LogP contribution >= 0.6 is 0 Å². The quantitative estimate of drug-likeness (QED) is 0.323. The number of nitrogens with zero attached hydrogens (tertiary/aromatic N) is 5. The Hall–Kier alpha value is -4.57. The van der Waals surface area contributed by atoms with Gasteiger partial charge in [-0.25, -0.2) is 17.8 Å². The van der Waals surface area contributed by atoms with Crippen LogP contribution in [0.3, 0.4) is 0 Å². The number of nitrogens with one attached hydrogen (secondary N) is 1. The molecular formula is C26H25FN8O3S. The highest BCUT2D eigenvalue weighted by Gasteiger charge is 2.33.